The molecule has 0 spiro atoms. The molecule has 0 saturated heterocycles. The van der Waals surface area contributed by atoms with E-state index in [9.17, 15) is 0 Å². The van der Waals surface area contributed by atoms with E-state index in [1.165, 1.54) is 11.1 Å². The van der Waals surface area contributed by atoms with E-state index in [0.29, 0.717) is 0 Å². The molecule has 144 valence electrons. The van der Waals surface area contributed by atoms with Crippen LogP contribution in [0.3, 0.4) is 0 Å². The summed E-state index contributed by atoms with van der Waals surface area (Å²) in [7, 11) is 5.02. The third kappa shape index (κ3) is 6.43. The Kier molecular flexibility index (Phi) is 9.92. The normalized spacial score (nSPS) is 11.4. The van der Waals surface area contributed by atoms with Gasteiger partial charge in [-0.15, -0.1) is 12.4 Å². The molecule has 4 nitrogen and oxygen atoms in total. The van der Waals surface area contributed by atoms with Crippen molar-refractivity contribution in [3.8, 4) is 17.2 Å². The maximum atomic E-state index is 6.29. The van der Waals surface area contributed by atoms with Crippen LogP contribution in [0.5, 0.6) is 17.2 Å². The van der Waals surface area contributed by atoms with Gasteiger partial charge in [0.2, 0.25) is 0 Å². The average molecular weight is 380 g/mol. The Balaban J connectivity index is 0.00000338. The van der Waals surface area contributed by atoms with Gasteiger partial charge >= 0.3 is 0 Å². The van der Waals surface area contributed by atoms with Gasteiger partial charge in [0.1, 0.15) is 5.75 Å². The summed E-state index contributed by atoms with van der Waals surface area (Å²) in [6.45, 7) is 0. The summed E-state index contributed by atoms with van der Waals surface area (Å²) in [5.74, 6) is 2.49. The van der Waals surface area contributed by atoms with Crippen LogP contribution in [0.4, 0.5) is 0 Å². The molecule has 0 amide bonds. The number of hydrogen-bond acceptors (Lipinski definition) is 4. The van der Waals surface area contributed by atoms with E-state index in [2.05, 4.69) is 12.1 Å². The van der Waals surface area contributed by atoms with Gasteiger partial charge in [-0.3, -0.25) is 0 Å². The van der Waals surface area contributed by atoms with Crippen LogP contribution in [0.25, 0.3) is 0 Å². The van der Waals surface area contributed by atoms with Gasteiger partial charge in [0, 0.05) is 6.04 Å². The van der Waals surface area contributed by atoms with Gasteiger partial charge in [-0.2, -0.15) is 0 Å². The fourth-order valence-corrected chi connectivity index (χ4v) is 3.00. The van der Waals surface area contributed by atoms with E-state index in [1.54, 1.807) is 21.3 Å². The Morgan fingerprint density at radius 3 is 2.19 bits per heavy atom. The summed E-state index contributed by atoms with van der Waals surface area (Å²) < 4.78 is 16.0. The van der Waals surface area contributed by atoms with Crippen LogP contribution in [0.15, 0.2) is 42.5 Å². The van der Waals surface area contributed by atoms with E-state index >= 15 is 0 Å². The third-order valence-corrected chi connectivity index (χ3v) is 4.47. The molecule has 5 heteroatoms. The Hall–Kier alpha value is -1.91. The zero-order valence-electron chi connectivity index (χ0n) is 15.9. The molecule has 0 aromatic heterocycles. The van der Waals surface area contributed by atoms with Gasteiger partial charge in [0.15, 0.2) is 11.5 Å². The van der Waals surface area contributed by atoms with Crippen LogP contribution in [0.1, 0.15) is 30.4 Å². The molecule has 0 saturated carbocycles. The first kappa shape index (κ1) is 22.1. The largest absolute Gasteiger partial charge is 0.496 e. The number of rotatable bonds is 10. The molecule has 1 unspecified atom stereocenters. The number of halogens is 1. The fraction of sp³-hybridized carbons (Fsp3) is 0.429. The van der Waals surface area contributed by atoms with Crippen molar-refractivity contribution in [2.45, 2.75) is 38.1 Å². The van der Waals surface area contributed by atoms with Crippen LogP contribution in [-0.2, 0) is 12.8 Å². The first-order valence-electron chi connectivity index (χ1n) is 8.76. The highest BCUT2D eigenvalue weighted by molar-refractivity contribution is 5.85. The van der Waals surface area contributed by atoms with Crippen LogP contribution in [0, 0.1) is 0 Å². The van der Waals surface area contributed by atoms with Crippen LogP contribution in [-0.4, -0.2) is 27.4 Å². The highest BCUT2D eigenvalue weighted by Crippen LogP contribution is 2.28. The second-order valence-corrected chi connectivity index (χ2v) is 6.19. The molecular weight excluding hydrogens is 350 g/mol. The molecular formula is C21H30ClNO3. The summed E-state index contributed by atoms with van der Waals surface area (Å²) in [6, 6.07) is 14.4. The molecule has 0 aliphatic carbocycles. The van der Waals surface area contributed by atoms with Gasteiger partial charge in [0.25, 0.3) is 0 Å². The first-order valence-corrected chi connectivity index (χ1v) is 8.76. The van der Waals surface area contributed by atoms with E-state index in [1.807, 2.05) is 30.3 Å². The van der Waals surface area contributed by atoms with Crippen molar-refractivity contribution in [2.75, 3.05) is 21.3 Å². The molecule has 0 aliphatic heterocycles. The predicted molar refractivity (Wildman–Crippen MR) is 109 cm³/mol. The van der Waals surface area contributed by atoms with Gasteiger partial charge in [-0.05, 0) is 61.4 Å². The SMILES string of the molecule is COc1ccccc1CCC(N)CCCc1ccc(OC)c(OC)c1.Cl. The minimum atomic E-state index is 0. The second kappa shape index (κ2) is 11.7. The molecule has 0 aliphatic rings. The van der Waals surface area contributed by atoms with Crippen molar-refractivity contribution in [1.29, 1.82) is 0 Å². The number of methoxy groups -OCH3 is 3. The van der Waals surface area contributed by atoms with E-state index in [-0.39, 0.29) is 18.4 Å². The lowest BCUT2D eigenvalue weighted by Gasteiger charge is -2.14. The van der Waals surface area contributed by atoms with Crippen molar-refractivity contribution in [1.82, 2.24) is 0 Å². The van der Waals surface area contributed by atoms with Gasteiger partial charge in [0.05, 0.1) is 21.3 Å². The minimum Gasteiger partial charge on any atom is -0.496 e. The monoisotopic (exact) mass is 379 g/mol. The second-order valence-electron chi connectivity index (χ2n) is 6.19. The van der Waals surface area contributed by atoms with Crippen LogP contribution in [0.2, 0.25) is 0 Å². The first-order chi connectivity index (χ1) is 12.2. The van der Waals surface area contributed by atoms with E-state index in [4.69, 9.17) is 19.9 Å². The van der Waals surface area contributed by atoms with Crippen molar-refractivity contribution in [2.24, 2.45) is 5.73 Å². The molecule has 2 aromatic carbocycles. The van der Waals surface area contributed by atoms with E-state index < -0.39 is 0 Å². The Labute approximate surface area is 163 Å². The summed E-state index contributed by atoms with van der Waals surface area (Å²) in [6.07, 6.45) is 4.96. The molecule has 2 aromatic rings. The smallest absolute Gasteiger partial charge is 0.160 e. The fourth-order valence-electron chi connectivity index (χ4n) is 3.00. The Morgan fingerprint density at radius 2 is 1.50 bits per heavy atom. The number of nitrogens with two attached hydrogens (primary N) is 1. The van der Waals surface area contributed by atoms with Crippen molar-refractivity contribution < 1.29 is 14.2 Å². The molecule has 26 heavy (non-hydrogen) atoms. The molecule has 1 atom stereocenters. The van der Waals surface area contributed by atoms with Crippen molar-refractivity contribution in [3.63, 3.8) is 0 Å². The number of ether oxygens (including phenoxy) is 3. The molecule has 0 heterocycles. The molecule has 0 fully saturated rings. The predicted octanol–water partition coefficient (Wildman–Crippen LogP) is 4.42. The maximum absolute atomic E-state index is 6.29. The van der Waals surface area contributed by atoms with Gasteiger partial charge in [-0.1, -0.05) is 24.3 Å². The Bertz CT molecular complexity index is 663. The lowest BCUT2D eigenvalue weighted by atomic mass is 9.99. The van der Waals surface area contributed by atoms with Crippen LogP contribution < -0.4 is 19.9 Å². The standard InChI is InChI=1S/C21H29NO3.ClH/c1-23-19-10-5-4-8-17(19)12-13-18(22)9-6-7-16-11-14-20(24-2)21(15-16)25-3;/h4-5,8,10-11,14-15,18H,6-7,9,12-13,22H2,1-3H3;1H. The molecule has 0 bridgehead atoms. The zero-order chi connectivity index (χ0) is 18.1. The van der Waals surface area contributed by atoms with E-state index in [0.717, 1.165) is 49.4 Å². The van der Waals surface area contributed by atoms with Crippen LogP contribution >= 0.6 is 12.4 Å². The lowest BCUT2D eigenvalue weighted by Crippen LogP contribution is -2.20. The molecule has 0 radical (unpaired) electrons. The quantitative estimate of drug-likeness (QED) is 0.664. The maximum Gasteiger partial charge on any atom is 0.160 e. The number of benzene rings is 2. The topological polar surface area (TPSA) is 53.7 Å². The third-order valence-electron chi connectivity index (χ3n) is 4.47. The lowest BCUT2D eigenvalue weighted by molar-refractivity contribution is 0.354. The minimum absolute atomic E-state index is 0. The summed E-state index contributed by atoms with van der Waals surface area (Å²) >= 11 is 0. The van der Waals surface area contributed by atoms with Gasteiger partial charge < -0.3 is 19.9 Å². The number of para-hydroxylation sites is 1. The van der Waals surface area contributed by atoms with Gasteiger partial charge in [-0.25, -0.2) is 0 Å². The summed E-state index contributed by atoms with van der Waals surface area (Å²) in [4.78, 5) is 0. The molecule has 2 rings (SSSR count). The Morgan fingerprint density at radius 1 is 0.808 bits per heavy atom. The number of hydrogen-bond donors (Lipinski definition) is 1. The highest BCUT2D eigenvalue weighted by atomic mass is 35.5. The zero-order valence-corrected chi connectivity index (χ0v) is 16.7. The summed E-state index contributed by atoms with van der Waals surface area (Å²) in [5.41, 5.74) is 8.76. The highest BCUT2D eigenvalue weighted by Gasteiger charge is 2.08. The van der Waals surface area contributed by atoms with Crippen molar-refractivity contribution >= 4 is 12.4 Å². The average Bonchev–Trinajstić information content (AvgIpc) is 2.66. The van der Waals surface area contributed by atoms with Crippen molar-refractivity contribution in [3.05, 3.63) is 53.6 Å². The summed E-state index contributed by atoms with van der Waals surface area (Å²) in [5, 5.41) is 0. The number of aryl methyl sites for hydroxylation is 2. The molecule has 2 N–H and O–H groups in total.